The monoisotopic (exact) mass is 261 g/mol. The molecule has 0 unspecified atom stereocenters. The van der Waals surface area contributed by atoms with Gasteiger partial charge in [0.2, 0.25) is 0 Å². The maximum atomic E-state index is 12.8. The molecule has 0 N–H and O–H groups in total. The van der Waals surface area contributed by atoms with Gasteiger partial charge in [0.05, 0.1) is 0 Å². The second-order valence-electron chi connectivity index (χ2n) is 5.88. The molecule has 0 bridgehead atoms. The summed E-state index contributed by atoms with van der Waals surface area (Å²) in [6.07, 6.45) is 12.2. The van der Waals surface area contributed by atoms with Crippen LogP contribution in [0, 0.1) is 0 Å². The van der Waals surface area contributed by atoms with Gasteiger partial charge in [-0.15, -0.1) is 0 Å². The van der Waals surface area contributed by atoms with Crippen LogP contribution in [0.5, 0.6) is 0 Å². The Bertz CT molecular complexity index is 460. The highest BCUT2D eigenvalue weighted by atomic mass is 16.2. The Hall–Kier alpha value is -1.32. The molecule has 2 aliphatic rings. The summed E-state index contributed by atoms with van der Waals surface area (Å²) in [5, 5.41) is 0. The van der Waals surface area contributed by atoms with Crippen LogP contribution in [-0.4, -0.2) is 32.4 Å². The van der Waals surface area contributed by atoms with Gasteiger partial charge in [-0.3, -0.25) is 4.79 Å². The fourth-order valence-electron chi connectivity index (χ4n) is 3.87. The lowest BCUT2D eigenvalue weighted by Gasteiger charge is -2.41. The number of likely N-dealkylation sites (tertiary alicyclic amines) is 1. The molecule has 0 radical (unpaired) electrons. The topological polar surface area (TPSA) is 38.1 Å². The lowest BCUT2D eigenvalue weighted by Crippen LogP contribution is -2.49. The normalized spacial score (nSPS) is 22.1. The second-order valence-corrected chi connectivity index (χ2v) is 5.88. The molecular weight excluding hydrogens is 238 g/mol. The van der Waals surface area contributed by atoms with Crippen LogP contribution in [0.2, 0.25) is 0 Å². The molecule has 1 amide bonds. The van der Waals surface area contributed by atoms with Crippen molar-refractivity contribution >= 4 is 5.91 Å². The minimum absolute atomic E-state index is 0.145. The van der Waals surface area contributed by atoms with Crippen molar-refractivity contribution in [1.82, 2.24) is 14.5 Å². The highest BCUT2D eigenvalue weighted by Crippen LogP contribution is 2.42. The van der Waals surface area contributed by atoms with Crippen LogP contribution in [0.15, 0.2) is 12.4 Å². The fraction of sp³-hybridized carbons (Fsp3) is 0.733. The van der Waals surface area contributed by atoms with E-state index in [2.05, 4.69) is 16.8 Å². The smallest absolute Gasteiger partial charge is 0.290 e. The highest BCUT2D eigenvalue weighted by molar-refractivity contribution is 5.91. The molecule has 1 aromatic rings. The van der Waals surface area contributed by atoms with Gasteiger partial charge in [-0.2, -0.15) is 0 Å². The van der Waals surface area contributed by atoms with Gasteiger partial charge >= 0.3 is 0 Å². The molecule has 104 valence electrons. The van der Waals surface area contributed by atoms with Gasteiger partial charge in [-0.25, -0.2) is 4.98 Å². The SMILES string of the molecule is CCn1ccnc1C(=O)N1CCCC12CCCCC2. The number of aromatic nitrogens is 2. The molecule has 2 heterocycles. The van der Waals surface area contributed by atoms with Gasteiger partial charge in [0, 0.05) is 31.0 Å². The number of amides is 1. The molecule has 2 fully saturated rings. The number of carbonyl (C=O) groups excluding carboxylic acids is 1. The van der Waals surface area contributed by atoms with E-state index in [9.17, 15) is 4.79 Å². The summed E-state index contributed by atoms with van der Waals surface area (Å²) < 4.78 is 1.96. The molecule has 1 spiro atoms. The van der Waals surface area contributed by atoms with E-state index >= 15 is 0 Å². The van der Waals surface area contributed by atoms with Crippen molar-refractivity contribution in [3.05, 3.63) is 18.2 Å². The quantitative estimate of drug-likeness (QED) is 0.821. The molecule has 19 heavy (non-hydrogen) atoms. The molecule has 4 nitrogen and oxygen atoms in total. The lowest BCUT2D eigenvalue weighted by atomic mass is 9.79. The zero-order valence-electron chi connectivity index (χ0n) is 11.8. The number of hydrogen-bond donors (Lipinski definition) is 0. The predicted octanol–water partition coefficient (Wildman–Crippen LogP) is 2.84. The van der Waals surface area contributed by atoms with Crippen LogP contribution in [0.25, 0.3) is 0 Å². The molecule has 1 aromatic heterocycles. The van der Waals surface area contributed by atoms with Crippen LogP contribution in [0.3, 0.4) is 0 Å². The van der Waals surface area contributed by atoms with Gasteiger partial charge in [0.15, 0.2) is 5.82 Å². The summed E-state index contributed by atoms with van der Waals surface area (Å²) in [5.41, 5.74) is 0.153. The third-order valence-corrected chi connectivity index (χ3v) is 4.87. The summed E-state index contributed by atoms with van der Waals surface area (Å²) in [6.45, 7) is 3.77. The van der Waals surface area contributed by atoms with E-state index in [-0.39, 0.29) is 11.4 Å². The third-order valence-electron chi connectivity index (χ3n) is 4.87. The molecule has 4 heteroatoms. The first kappa shape index (κ1) is 12.7. The molecule has 1 aliphatic heterocycles. The lowest BCUT2D eigenvalue weighted by molar-refractivity contribution is 0.0483. The first-order valence-electron chi connectivity index (χ1n) is 7.60. The number of rotatable bonds is 2. The maximum absolute atomic E-state index is 12.8. The van der Waals surface area contributed by atoms with Crippen molar-refractivity contribution < 1.29 is 4.79 Å². The number of imidazole rings is 1. The zero-order valence-corrected chi connectivity index (χ0v) is 11.8. The molecule has 0 atom stereocenters. The van der Waals surface area contributed by atoms with Crippen LogP contribution in [0.4, 0.5) is 0 Å². The minimum atomic E-state index is 0.145. The number of aryl methyl sites for hydroxylation is 1. The average Bonchev–Trinajstić information content (AvgIpc) is 3.06. The molecule has 1 aliphatic carbocycles. The Labute approximate surface area is 114 Å². The van der Waals surface area contributed by atoms with E-state index in [1.807, 2.05) is 10.8 Å². The standard InChI is InChI=1S/C15H23N3O/c1-2-17-12-10-16-13(17)14(19)18-11-6-9-15(18)7-4-3-5-8-15/h10,12H,2-9,11H2,1H3. The van der Waals surface area contributed by atoms with Crippen molar-refractivity contribution in [1.29, 1.82) is 0 Å². The van der Waals surface area contributed by atoms with E-state index in [4.69, 9.17) is 0 Å². The Balaban J connectivity index is 1.86. The number of nitrogens with zero attached hydrogens (tertiary/aromatic N) is 3. The first-order valence-corrected chi connectivity index (χ1v) is 7.60. The molecule has 3 rings (SSSR count). The Morgan fingerprint density at radius 3 is 2.74 bits per heavy atom. The van der Waals surface area contributed by atoms with Gasteiger partial charge in [-0.1, -0.05) is 19.3 Å². The first-order chi connectivity index (χ1) is 9.27. The van der Waals surface area contributed by atoms with Crippen LogP contribution < -0.4 is 0 Å². The molecule has 1 saturated heterocycles. The van der Waals surface area contributed by atoms with Crippen molar-refractivity contribution in [2.24, 2.45) is 0 Å². The summed E-state index contributed by atoms with van der Waals surface area (Å²) in [4.78, 5) is 19.2. The Kier molecular flexibility index (Phi) is 3.33. The number of carbonyl (C=O) groups is 1. The summed E-state index contributed by atoms with van der Waals surface area (Å²) in [7, 11) is 0. The highest BCUT2D eigenvalue weighted by Gasteiger charge is 2.44. The average molecular weight is 261 g/mol. The Morgan fingerprint density at radius 2 is 2.00 bits per heavy atom. The van der Waals surface area contributed by atoms with Gasteiger partial charge in [0.25, 0.3) is 5.91 Å². The van der Waals surface area contributed by atoms with Gasteiger partial charge in [0.1, 0.15) is 0 Å². The zero-order chi connectivity index (χ0) is 13.3. The predicted molar refractivity (Wildman–Crippen MR) is 74.0 cm³/mol. The third kappa shape index (κ3) is 2.07. The number of hydrogen-bond acceptors (Lipinski definition) is 2. The van der Waals surface area contributed by atoms with Crippen LogP contribution >= 0.6 is 0 Å². The molecule has 1 saturated carbocycles. The summed E-state index contributed by atoms with van der Waals surface area (Å²) in [6, 6.07) is 0. The van der Waals surface area contributed by atoms with Crippen molar-refractivity contribution in [2.75, 3.05) is 6.54 Å². The van der Waals surface area contributed by atoms with Crippen LogP contribution in [-0.2, 0) is 6.54 Å². The fourth-order valence-corrected chi connectivity index (χ4v) is 3.87. The molecular formula is C15H23N3O. The molecule has 0 aromatic carbocycles. The van der Waals surface area contributed by atoms with Gasteiger partial charge in [-0.05, 0) is 32.6 Å². The second kappa shape index (κ2) is 4.99. The van der Waals surface area contributed by atoms with E-state index in [1.54, 1.807) is 6.20 Å². The largest absolute Gasteiger partial charge is 0.330 e. The van der Waals surface area contributed by atoms with Crippen molar-refractivity contribution in [3.8, 4) is 0 Å². The van der Waals surface area contributed by atoms with E-state index in [0.717, 1.165) is 19.5 Å². The van der Waals surface area contributed by atoms with E-state index in [1.165, 1.54) is 38.5 Å². The van der Waals surface area contributed by atoms with E-state index < -0.39 is 0 Å². The Morgan fingerprint density at radius 1 is 1.26 bits per heavy atom. The minimum Gasteiger partial charge on any atom is -0.330 e. The summed E-state index contributed by atoms with van der Waals surface area (Å²) >= 11 is 0. The maximum Gasteiger partial charge on any atom is 0.290 e. The van der Waals surface area contributed by atoms with Gasteiger partial charge < -0.3 is 9.47 Å². The van der Waals surface area contributed by atoms with Crippen molar-refractivity contribution in [3.63, 3.8) is 0 Å². The van der Waals surface area contributed by atoms with Crippen LogP contribution in [0.1, 0.15) is 62.5 Å². The van der Waals surface area contributed by atoms with Crippen molar-refractivity contribution in [2.45, 2.75) is 64.0 Å². The van der Waals surface area contributed by atoms with E-state index in [0.29, 0.717) is 5.82 Å². The summed E-state index contributed by atoms with van der Waals surface area (Å²) in [5.74, 6) is 0.764.